The fourth-order valence-electron chi connectivity index (χ4n) is 2.09. The number of esters is 1. The summed E-state index contributed by atoms with van der Waals surface area (Å²) in [5, 5.41) is 2.78. The number of rotatable bonds is 5. The molecule has 120 valence electrons. The lowest BCUT2D eigenvalue weighted by Crippen LogP contribution is -2.30. The Morgan fingerprint density at radius 3 is 2.39 bits per heavy atom. The number of nitrogens with one attached hydrogen (secondary N) is 1. The van der Waals surface area contributed by atoms with Gasteiger partial charge in [-0.15, -0.1) is 0 Å². The van der Waals surface area contributed by atoms with Crippen LogP contribution in [0.4, 0.5) is 5.69 Å². The lowest BCUT2D eigenvalue weighted by Gasteiger charge is -2.16. The van der Waals surface area contributed by atoms with Crippen molar-refractivity contribution in [2.45, 2.75) is 20.0 Å². The first kappa shape index (κ1) is 16.5. The summed E-state index contributed by atoms with van der Waals surface area (Å²) in [6.07, 6.45) is -0.668. The lowest BCUT2D eigenvalue weighted by molar-refractivity contribution is -0.122. The van der Waals surface area contributed by atoms with Crippen LogP contribution in [-0.4, -0.2) is 25.1 Å². The molecule has 1 atom stereocenters. The van der Waals surface area contributed by atoms with E-state index in [2.05, 4.69) is 5.32 Å². The third-order valence-electron chi connectivity index (χ3n) is 3.42. The molecule has 0 radical (unpaired) electrons. The van der Waals surface area contributed by atoms with Crippen LogP contribution >= 0.6 is 0 Å². The zero-order valence-corrected chi connectivity index (χ0v) is 13.3. The van der Waals surface area contributed by atoms with E-state index < -0.39 is 12.1 Å². The van der Waals surface area contributed by atoms with Gasteiger partial charge in [0, 0.05) is 5.69 Å². The molecule has 0 saturated heterocycles. The van der Waals surface area contributed by atoms with Gasteiger partial charge in [-0.3, -0.25) is 4.79 Å². The van der Waals surface area contributed by atoms with Crippen molar-refractivity contribution in [2.24, 2.45) is 0 Å². The summed E-state index contributed by atoms with van der Waals surface area (Å²) in [7, 11) is 1.32. The van der Waals surface area contributed by atoms with Gasteiger partial charge in [0.05, 0.1) is 12.7 Å². The quantitative estimate of drug-likeness (QED) is 0.861. The molecule has 0 spiro atoms. The van der Waals surface area contributed by atoms with E-state index in [4.69, 9.17) is 9.47 Å². The number of methoxy groups -OCH3 is 1. The van der Waals surface area contributed by atoms with E-state index in [0.717, 1.165) is 0 Å². The molecule has 0 aromatic heterocycles. The van der Waals surface area contributed by atoms with Crippen molar-refractivity contribution >= 4 is 17.6 Å². The highest BCUT2D eigenvalue weighted by molar-refractivity contribution is 5.98. The molecule has 5 heteroatoms. The summed E-state index contributed by atoms with van der Waals surface area (Å²) < 4.78 is 10.3. The minimum absolute atomic E-state index is 0.293. The number of hydrogen-bond donors (Lipinski definition) is 1. The van der Waals surface area contributed by atoms with E-state index >= 15 is 0 Å². The summed E-state index contributed by atoms with van der Waals surface area (Å²) in [6, 6.07) is 14.2. The summed E-state index contributed by atoms with van der Waals surface area (Å²) in [5.74, 6) is -0.110. The summed E-state index contributed by atoms with van der Waals surface area (Å²) in [6.45, 7) is 3.42. The maximum Gasteiger partial charge on any atom is 0.338 e. The molecule has 2 aromatic rings. The average Bonchev–Trinajstić information content (AvgIpc) is 2.57. The summed E-state index contributed by atoms with van der Waals surface area (Å²) in [4.78, 5) is 24.0. The zero-order chi connectivity index (χ0) is 16.8. The Hall–Kier alpha value is -2.82. The Bertz CT molecular complexity index is 697. The summed E-state index contributed by atoms with van der Waals surface area (Å²) >= 11 is 0. The zero-order valence-electron chi connectivity index (χ0n) is 13.3. The molecule has 0 aliphatic rings. The fourth-order valence-corrected chi connectivity index (χ4v) is 2.09. The molecule has 0 fully saturated rings. The number of hydrogen-bond acceptors (Lipinski definition) is 4. The standard InChI is InChI=1S/C18H19NO4/c1-12-15(18(21)22-3)10-7-11-16(12)19-17(20)13(2)23-14-8-5-4-6-9-14/h4-11,13H,1-3H3,(H,19,20)/t13-/m0/s1. The molecular formula is C18H19NO4. The van der Waals surface area contributed by atoms with Crippen LogP contribution in [0.1, 0.15) is 22.8 Å². The maximum atomic E-state index is 12.3. The number of carbonyl (C=O) groups excluding carboxylic acids is 2. The van der Waals surface area contributed by atoms with Crippen LogP contribution in [-0.2, 0) is 9.53 Å². The topological polar surface area (TPSA) is 64.6 Å². The molecular weight excluding hydrogens is 294 g/mol. The van der Waals surface area contributed by atoms with Gasteiger partial charge in [-0.05, 0) is 43.7 Å². The monoisotopic (exact) mass is 313 g/mol. The van der Waals surface area contributed by atoms with Gasteiger partial charge in [0.25, 0.3) is 5.91 Å². The van der Waals surface area contributed by atoms with Crippen LogP contribution in [0.25, 0.3) is 0 Å². The summed E-state index contributed by atoms with van der Waals surface area (Å²) in [5.41, 5.74) is 1.63. The van der Waals surface area contributed by atoms with E-state index in [1.165, 1.54) is 7.11 Å². The van der Waals surface area contributed by atoms with Gasteiger partial charge in [-0.1, -0.05) is 24.3 Å². The molecule has 0 unspecified atom stereocenters. The average molecular weight is 313 g/mol. The molecule has 2 rings (SSSR count). The number of benzene rings is 2. The van der Waals surface area contributed by atoms with Gasteiger partial charge in [0.1, 0.15) is 5.75 Å². The Kier molecular flexibility index (Phi) is 5.36. The van der Waals surface area contributed by atoms with Crippen LogP contribution in [0.2, 0.25) is 0 Å². The second-order valence-corrected chi connectivity index (χ2v) is 5.03. The van der Waals surface area contributed by atoms with Gasteiger partial charge in [0.15, 0.2) is 6.10 Å². The van der Waals surface area contributed by atoms with Gasteiger partial charge in [-0.25, -0.2) is 4.79 Å². The molecule has 23 heavy (non-hydrogen) atoms. The van der Waals surface area contributed by atoms with Crippen molar-refractivity contribution in [1.29, 1.82) is 0 Å². The predicted octanol–water partition coefficient (Wildman–Crippen LogP) is 3.19. The van der Waals surface area contributed by atoms with Crippen LogP contribution in [0.15, 0.2) is 48.5 Å². The van der Waals surface area contributed by atoms with Crippen molar-refractivity contribution in [3.63, 3.8) is 0 Å². The van der Waals surface area contributed by atoms with Crippen LogP contribution in [0.3, 0.4) is 0 Å². The first-order valence-electron chi connectivity index (χ1n) is 7.23. The first-order chi connectivity index (χ1) is 11.0. The Balaban J connectivity index is 2.09. The highest BCUT2D eigenvalue weighted by atomic mass is 16.5. The molecule has 0 aliphatic heterocycles. The minimum Gasteiger partial charge on any atom is -0.481 e. The third-order valence-corrected chi connectivity index (χ3v) is 3.42. The molecule has 1 amide bonds. The molecule has 0 heterocycles. The normalized spacial score (nSPS) is 11.4. The minimum atomic E-state index is -0.668. The first-order valence-corrected chi connectivity index (χ1v) is 7.23. The highest BCUT2D eigenvalue weighted by Crippen LogP contribution is 2.20. The van der Waals surface area contributed by atoms with Crippen LogP contribution in [0, 0.1) is 6.92 Å². The highest BCUT2D eigenvalue weighted by Gasteiger charge is 2.18. The van der Waals surface area contributed by atoms with Crippen LogP contribution < -0.4 is 10.1 Å². The van der Waals surface area contributed by atoms with Gasteiger partial charge in [0.2, 0.25) is 0 Å². The van der Waals surface area contributed by atoms with Gasteiger partial charge >= 0.3 is 5.97 Å². The second kappa shape index (κ2) is 7.45. The Morgan fingerprint density at radius 1 is 1.04 bits per heavy atom. The molecule has 2 aromatic carbocycles. The molecule has 0 bridgehead atoms. The van der Waals surface area contributed by atoms with Crippen molar-refractivity contribution in [3.8, 4) is 5.75 Å². The number of ether oxygens (including phenoxy) is 2. The van der Waals surface area contributed by atoms with E-state index in [1.54, 1.807) is 44.2 Å². The third kappa shape index (κ3) is 4.10. The number of carbonyl (C=O) groups is 2. The fraction of sp³-hybridized carbons (Fsp3) is 0.222. The van der Waals surface area contributed by atoms with Crippen molar-refractivity contribution in [1.82, 2.24) is 0 Å². The second-order valence-electron chi connectivity index (χ2n) is 5.03. The maximum absolute atomic E-state index is 12.3. The van der Waals surface area contributed by atoms with E-state index in [1.807, 2.05) is 18.2 Å². The van der Waals surface area contributed by atoms with Crippen molar-refractivity contribution < 1.29 is 19.1 Å². The molecule has 1 N–H and O–H groups in total. The van der Waals surface area contributed by atoms with Crippen molar-refractivity contribution in [2.75, 3.05) is 12.4 Å². The number of para-hydroxylation sites is 1. The lowest BCUT2D eigenvalue weighted by atomic mass is 10.1. The molecule has 0 aliphatic carbocycles. The largest absolute Gasteiger partial charge is 0.481 e. The Morgan fingerprint density at radius 2 is 1.74 bits per heavy atom. The smallest absolute Gasteiger partial charge is 0.338 e. The van der Waals surface area contributed by atoms with Crippen molar-refractivity contribution in [3.05, 3.63) is 59.7 Å². The van der Waals surface area contributed by atoms with Gasteiger partial charge in [-0.2, -0.15) is 0 Å². The van der Waals surface area contributed by atoms with E-state index in [9.17, 15) is 9.59 Å². The Labute approximate surface area is 135 Å². The number of anilines is 1. The van der Waals surface area contributed by atoms with E-state index in [-0.39, 0.29) is 5.91 Å². The molecule has 5 nitrogen and oxygen atoms in total. The predicted molar refractivity (Wildman–Crippen MR) is 87.7 cm³/mol. The van der Waals surface area contributed by atoms with E-state index in [0.29, 0.717) is 22.6 Å². The van der Waals surface area contributed by atoms with Gasteiger partial charge < -0.3 is 14.8 Å². The number of amides is 1. The molecule has 0 saturated carbocycles. The van der Waals surface area contributed by atoms with Crippen LogP contribution in [0.5, 0.6) is 5.75 Å². The SMILES string of the molecule is COC(=O)c1cccc(NC(=O)[C@H](C)Oc2ccccc2)c1C.